The first-order chi connectivity index (χ1) is 15.8. The average Bonchev–Trinajstić information content (AvgIpc) is 2.81. The number of rotatable bonds is 9. The van der Waals surface area contributed by atoms with Crippen LogP contribution in [0.4, 0.5) is 5.82 Å². The van der Waals surface area contributed by atoms with Crippen LogP contribution in [-0.4, -0.2) is 28.9 Å². The fraction of sp³-hybridized carbons (Fsp3) is 0.458. The van der Waals surface area contributed by atoms with E-state index in [2.05, 4.69) is 15.6 Å². The summed E-state index contributed by atoms with van der Waals surface area (Å²) in [6.07, 6.45) is 8.29. The van der Waals surface area contributed by atoms with Crippen molar-refractivity contribution in [1.82, 2.24) is 15.6 Å². The zero-order valence-corrected chi connectivity index (χ0v) is 20.0. The first kappa shape index (κ1) is 25.3. The molecule has 2 aromatic rings. The summed E-state index contributed by atoms with van der Waals surface area (Å²) < 4.78 is 0. The zero-order valence-electron chi connectivity index (χ0n) is 18.5. The van der Waals surface area contributed by atoms with Gasteiger partial charge in [-0.25, -0.2) is 4.98 Å². The van der Waals surface area contributed by atoms with Crippen LogP contribution in [0.2, 0.25) is 10.0 Å². The molecule has 0 radical (unpaired) electrons. The lowest BCUT2D eigenvalue weighted by molar-refractivity contribution is -0.129. The number of nitrogens with one attached hydrogen (secondary N) is 2. The molecule has 3 rings (SSSR count). The quantitative estimate of drug-likeness (QED) is 0.426. The Labute approximate surface area is 204 Å². The monoisotopic (exact) mass is 491 g/mol. The van der Waals surface area contributed by atoms with Crippen LogP contribution < -0.4 is 22.1 Å². The smallest absolute Gasteiger partial charge is 0.243 e. The second-order valence-corrected chi connectivity index (χ2v) is 9.48. The van der Waals surface area contributed by atoms with Gasteiger partial charge in [0.05, 0.1) is 16.1 Å². The van der Waals surface area contributed by atoms with Crippen LogP contribution in [0.1, 0.15) is 49.7 Å². The molecule has 1 aliphatic rings. The maximum absolute atomic E-state index is 13.0. The van der Waals surface area contributed by atoms with Gasteiger partial charge in [-0.1, -0.05) is 67.4 Å². The van der Waals surface area contributed by atoms with Crippen molar-refractivity contribution in [3.05, 3.63) is 57.7 Å². The van der Waals surface area contributed by atoms with E-state index in [9.17, 15) is 9.59 Å². The maximum Gasteiger partial charge on any atom is 0.243 e. The van der Waals surface area contributed by atoms with Crippen molar-refractivity contribution in [2.45, 2.75) is 63.6 Å². The highest BCUT2D eigenvalue weighted by molar-refractivity contribution is 6.42. The molecule has 1 aromatic carbocycles. The van der Waals surface area contributed by atoms with Crippen molar-refractivity contribution in [1.29, 1.82) is 0 Å². The molecule has 2 amide bonds. The first-order valence-corrected chi connectivity index (χ1v) is 12.1. The van der Waals surface area contributed by atoms with Gasteiger partial charge < -0.3 is 22.1 Å². The minimum atomic E-state index is -0.811. The molecular weight excluding hydrogens is 461 g/mol. The number of hydrogen-bond donors (Lipinski definition) is 4. The van der Waals surface area contributed by atoms with Gasteiger partial charge in [0.1, 0.15) is 11.9 Å². The number of carbonyl (C=O) groups is 2. The van der Waals surface area contributed by atoms with E-state index >= 15 is 0 Å². The Kier molecular flexibility index (Phi) is 9.35. The van der Waals surface area contributed by atoms with Crippen molar-refractivity contribution >= 4 is 40.8 Å². The SMILES string of the molecule is Nc1ccc(CNC(=O)[C@@H](Cc2ccc(Cl)c(Cl)c2)NC(=O)[C@@H](N)CC2CCCCC2)cn1. The lowest BCUT2D eigenvalue weighted by Gasteiger charge is -2.25. The molecule has 1 fully saturated rings. The van der Waals surface area contributed by atoms with Crippen LogP contribution in [0.5, 0.6) is 0 Å². The van der Waals surface area contributed by atoms with E-state index in [1.807, 2.05) is 0 Å². The van der Waals surface area contributed by atoms with E-state index in [0.717, 1.165) is 24.0 Å². The van der Waals surface area contributed by atoms with Gasteiger partial charge in [0.15, 0.2) is 0 Å². The molecule has 1 saturated carbocycles. The van der Waals surface area contributed by atoms with Gasteiger partial charge in [0.2, 0.25) is 11.8 Å². The van der Waals surface area contributed by atoms with E-state index in [4.69, 9.17) is 34.7 Å². The van der Waals surface area contributed by atoms with Crippen molar-refractivity contribution in [2.24, 2.45) is 11.7 Å². The van der Waals surface area contributed by atoms with Crippen molar-refractivity contribution in [2.75, 3.05) is 5.73 Å². The largest absolute Gasteiger partial charge is 0.384 e. The van der Waals surface area contributed by atoms with Crippen molar-refractivity contribution < 1.29 is 9.59 Å². The maximum atomic E-state index is 13.0. The Morgan fingerprint density at radius 2 is 1.76 bits per heavy atom. The van der Waals surface area contributed by atoms with Crippen LogP contribution >= 0.6 is 23.2 Å². The Balaban J connectivity index is 1.66. The number of halogens is 2. The van der Waals surface area contributed by atoms with Gasteiger partial charge in [-0.05, 0) is 41.7 Å². The number of nitrogen functional groups attached to an aromatic ring is 1. The molecule has 1 aromatic heterocycles. The Morgan fingerprint density at radius 1 is 1.03 bits per heavy atom. The van der Waals surface area contributed by atoms with Crippen molar-refractivity contribution in [3.8, 4) is 0 Å². The van der Waals surface area contributed by atoms with E-state index < -0.39 is 12.1 Å². The standard InChI is InChI=1S/C24H31Cl2N5O2/c25-18-8-6-16(10-19(18)26)12-21(24(33)30-14-17-7-9-22(28)29-13-17)31-23(32)20(27)11-15-4-2-1-3-5-15/h6-10,13,15,20-21H,1-5,11-12,14,27H2,(H2,28,29)(H,30,33)(H,31,32)/t20-,21+/m0/s1. The van der Waals surface area contributed by atoms with Gasteiger partial charge in [-0.2, -0.15) is 0 Å². The lowest BCUT2D eigenvalue weighted by Crippen LogP contribution is -2.52. The molecule has 0 bridgehead atoms. The van der Waals surface area contributed by atoms with Gasteiger partial charge in [0.25, 0.3) is 0 Å². The third-order valence-electron chi connectivity index (χ3n) is 6.02. The summed E-state index contributed by atoms with van der Waals surface area (Å²) in [4.78, 5) is 29.9. The molecule has 6 N–H and O–H groups in total. The molecule has 0 unspecified atom stereocenters. The van der Waals surface area contributed by atoms with Gasteiger partial charge in [0, 0.05) is 19.2 Å². The molecule has 0 saturated heterocycles. The summed E-state index contributed by atoms with van der Waals surface area (Å²) in [5.41, 5.74) is 13.4. The van der Waals surface area contributed by atoms with E-state index in [0.29, 0.717) is 28.2 Å². The third kappa shape index (κ3) is 7.88. The number of nitrogens with zero attached hydrogens (tertiary/aromatic N) is 1. The number of pyridine rings is 1. The number of hydrogen-bond acceptors (Lipinski definition) is 5. The highest BCUT2D eigenvalue weighted by Gasteiger charge is 2.26. The Hall–Kier alpha value is -2.35. The summed E-state index contributed by atoms with van der Waals surface area (Å²) in [6.45, 7) is 0.258. The van der Waals surface area contributed by atoms with E-state index in [-0.39, 0.29) is 24.8 Å². The summed E-state index contributed by atoms with van der Waals surface area (Å²) in [6, 6.07) is 7.14. The molecule has 7 nitrogen and oxygen atoms in total. The predicted molar refractivity (Wildman–Crippen MR) is 132 cm³/mol. The summed E-state index contributed by atoms with van der Waals surface area (Å²) in [7, 11) is 0. The summed E-state index contributed by atoms with van der Waals surface area (Å²) >= 11 is 12.2. The molecule has 0 spiro atoms. The van der Waals surface area contributed by atoms with Crippen molar-refractivity contribution in [3.63, 3.8) is 0 Å². The second-order valence-electron chi connectivity index (χ2n) is 8.67. The third-order valence-corrected chi connectivity index (χ3v) is 6.76. The Bertz CT molecular complexity index is 948. The van der Waals surface area contributed by atoms with Crippen LogP contribution in [0.15, 0.2) is 36.5 Å². The first-order valence-electron chi connectivity index (χ1n) is 11.3. The molecule has 2 atom stereocenters. The zero-order chi connectivity index (χ0) is 23.8. The van der Waals surface area contributed by atoms with Crippen LogP contribution in [0.3, 0.4) is 0 Å². The molecule has 9 heteroatoms. The number of carbonyl (C=O) groups excluding carboxylic acids is 2. The number of anilines is 1. The van der Waals surface area contributed by atoms with Gasteiger partial charge >= 0.3 is 0 Å². The normalized spacial score (nSPS) is 16.1. The number of nitrogens with two attached hydrogens (primary N) is 2. The van der Waals surface area contributed by atoms with Crippen LogP contribution in [0.25, 0.3) is 0 Å². The lowest BCUT2D eigenvalue weighted by atomic mass is 9.85. The summed E-state index contributed by atoms with van der Waals surface area (Å²) in [5, 5.41) is 6.52. The second kappa shape index (κ2) is 12.2. The molecule has 33 heavy (non-hydrogen) atoms. The molecular formula is C24H31Cl2N5O2. The van der Waals surface area contributed by atoms with Gasteiger partial charge in [-0.3, -0.25) is 9.59 Å². The minimum Gasteiger partial charge on any atom is -0.384 e. The topological polar surface area (TPSA) is 123 Å². The molecule has 1 aliphatic carbocycles. The molecule has 0 aliphatic heterocycles. The number of amides is 2. The van der Waals surface area contributed by atoms with E-state index in [1.54, 1.807) is 36.5 Å². The van der Waals surface area contributed by atoms with Gasteiger partial charge in [-0.15, -0.1) is 0 Å². The Morgan fingerprint density at radius 3 is 2.42 bits per heavy atom. The highest BCUT2D eigenvalue weighted by atomic mass is 35.5. The van der Waals surface area contributed by atoms with Crippen LogP contribution in [-0.2, 0) is 22.6 Å². The van der Waals surface area contributed by atoms with Crippen LogP contribution in [0, 0.1) is 5.92 Å². The highest BCUT2D eigenvalue weighted by Crippen LogP contribution is 2.27. The number of benzene rings is 1. The fourth-order valence-electron chi connectivity index (χ4n) is 4.13. The van der Waals surface area contributed by atoms with E-state index in [1.165, 1.54) is 19.3 Å². The summed E-state index contributed by atoms with van der Waals surface area (Å²) in [5.74, 6) is 0.215. The average molecular weight is 492 g/mol. The molecule has 1 heterocycles. The number of aromatic nitrogens is 1. The predicted octanol–water partition coefficient (Wildman–Crippen LogP) is 3.61. The minimum absolute atomic E-state index is 0.255. The molecule has 178 valence electrons. The fourth-order valence-corrected chi connectivity index (χ4v) is 4.45.